The summed E-state index contributed by atoms with van der Waals surface area (Å²) < 4.78 is 0. The predicted octanol–water partition coefficient (Wildman–Crippen LogP) is 3.45. The van der Waals surface area contributed by atoms with Gasteiger partial charge in [0.2, 0.25) is 6.71 Å². The minimum absolute atomic E-state index is 0.0282. The van der Waals surface area contributed by atoms with Gasteiger partial charge in [-0.15, -0.1) is 0 Å². The molecule has 0 saturated carbocycles. The lowest BCUT2D eigenvalue weighted by atomic mass is 9.33. The van der Waals surface area contributed by atoms with Crippen molar-refractivity contribution in [1.29, 1.82) is 0 Å². The van der Waals surface area contributed by atoms with Crippen LogP contribution in [-0.4, -0.2) is 28.9 Å². The monoisotopic (exact) mass is 414 g/mol. The molecular formula is C26H27BO4. The fourth-order valence-corrected chi connectivity index (χ4v) is 4.81. The second kappa shape index (κ2) is 8.42. The maximum Gasteiger partial charge on any atom is 0.335 e. The topological polar surface area (TPSA) is 74.6 Å². The maximum atomic E-state index is 12.0. The molecule has 0 aliphatic carbocycles. The number of carboxylic acids is 2. The summed E-state index contributed by atoms with van der Waals surface area (Å²) >= 11 is 0. The molecule has 0 aromatic heterocycles. The summed E-state index contributed by atoms with van der Waals surface area (Å²) in [6, 6.07) is 13.5. The average Bonchev–Trinajstić information content (AvgIpc) is 2.66. The highest BCUT2D eigenvalue weighted by Crippen LogP contribution is 2.18. The van der Waals surface area contributed by atoms with Gasteiger partial charge in [-0.2, -0.15) is 0 Å². The van der Waals surface area contributed by atoms with Crippen LogP contribution in [0.1, 0.15) is 54.1 Å². The smallest absolute Gasteiger partial charge is 0.335 e. The van der Waals surface area contributed by atoms with Crippen molar-refractivity contribution in [2.24, 2.45) is 0 Å². The number of hydrogen-bond donors (Lipinski definition) is 2. The first kappa shape index (κ1) is 22.4. The van der Waals surface area contributed by atoms with Gasteiger partial charge < -0.3 is 10.2 Å². The second-order valence-electron chi connectivity index (χ2n) is 8.29. The van der Waals surface area contributed by atoms with E-state index in [1.165, 1.54) is 6.07 Å². The number of rotatable bonds is 5. The summed E-state index contributed by atoms with van der Waals surface area (Å²) in [6.45, 7) is 11.5. The first-order valence-corrected chi connectivity index (χ1v) is 10.3. The van der Waals surface area contributed by atoms with E-state index in [0.717, 1.165) is 38.6 Å². The summed E-state index contributed by atoms with van der Waals surface area (Å²) in [5, 5.41) is 19.7. The van der Waals surface area contributed by atoms with E-state index in [0.29, 0.717) is 11.1 Å². The molecule has 0 spiro atoms. The van der Waals surface area contributed by atoms with Crippen molar-refractivity contribution in [3.05, 3.63) is 87.0 Å². The van der Waals surface area contributed by atoms with E-state index in [4.69, 9.17) is 0 Å². The van der Waals surface area contributed by atoms with Crippen LogP contribution in [0.25, 0.3) is 0 Å². The molecule has 3 aromatic carbocycles. The Balaban J connectivity index is 2.56. The van der Waals surface area contributed by atoms with E-state index in [1.807, 2.05) is 64.1 Å². The lowest BCUT2D eigenvalue weighted by Crippen LogP contribution is -2.58. The zero-order chi connectivity index (χ0) is 23.0. The molecule has 5 heteroatoms. The molecule has 31 heavy (non-hydrogen) atoms. The molecule has 3 rings (SSSR count). The summed E-state index contributed by atoms with van der Waals surface area (Å²) in [4.78, 5) is 24.1. The molecule has 0 aliphatic rings. The SMILES string of the molecule is Cc1cccc(C)c1B(c1c(C)cccc1C)c1c(C)c(C(=O)O)cc(C(=O)O)c1C. The fraction of sp³-hybridized carbons (Fsp3) is 0.231. The Labute approximate surface area is 183 Å². The summed E-state index contributed by atoms with van der Waals surface area (Å²) in [7, 11) is 0. The van der Waals surface area contributed by atoms with Crippen molar-refractivity contribution in [1.82, 2.24) is 0 Å². The van der Waals surface area contributed by atoms with Gasteiger partial charge in [0, 0.05) is 0 Å². The van der Waals surface area contributed by atoms with Gasteiger partial charge >= 0.3 is 11.9 Å². The van der Waals surface area contributed by atoms with Crippen molar-refractivity contribution >= 4 is 35.0 Å². The van der Waals surface area contributed by atoms with Gasteiger partial charge in [0.05, 0.1) is 11.1 Å². The number of aromatic carboxylic acids is 2. The molecule has 0 saturated heterocycles. The molecule has 0 amide bonds. The molecule has 0 fully saturated rings. The van der Waals surface area contributed by atoms with Crippen LogP contribution in [-0.2, 0) is 0 Å². The standard InChI is InChI=1S/C26H27BO4/c1-14-9-7-10-15(2)22(14)27(23-16(3)11-8-12-17(23)4)24-18(5)20(25(28)29)13-21(19(24)6)26(30)31/h7-13H,1-6H3,(H,28,29)(H,30,31). The highest BCUT2D eigenvalue weighted by molar-refractivity contribution is 6.97. The Hall–Kier alpha value is -3.34. The Morgan fingerprint density at radius 1 is 0.613 bits per heavy atom. The number of benzene rings is 3. The highest BCUT2D eigenvalue weighted by Gasteiger charge is 2.33. The van der Waals surface area contributed by atoms with Crippen LogP contribution >= 0.6 is 0 Å². The lowest BCUT2D eigenvalue weighted by Gasteiger charge is -2.27. The van der Waals surface area contributed by atoms with Crippen LogP contribution in [0.2, 0.25) is 0 Å². The van der Waals surface area contributed by atoms with Gasteiger partial charge in [0.1, 0.15) is 0 Å². The molecule has 2 N–H and O–H groups in total. The quantitative estimate of drug-likeness (QED) is 0.628. The van der Waals surface area contributed by atoms with E-state index in [-0.39, 0.29) is 17.8 Å². The van der Waals surface area contributed by atoms with Crippen LogP contribution in [0, 0.1) is 41.5 Å². The van der Waals surface area contributed by atoms with Gasteiger partial charge in [-0.05, 0) is 58.7 Å². The third-order valence-corrected chi connectivity index (χ3v) is 6.32. The van der Waals surface area contributed by atoms with Crippen molar-refractivity contribution in [3.8, 4) is 0 Å². The van der Waals surface area contributed by atoms with Crippen LogP contribution in [0.3, 0.4) is 0 Å². The van der Waals surface area contributed by atoms with Crippen molar-refractivity contribution in [2.75, 3.05) is 0 Å². The average molecular weight is 414 g/mol. The van der Waals surface area contributed by atoms with Crippen LogP contribution in [0.15, 0.2) is 42.5 Å². The molecule has 3 aromatic rings. The van der Waals surface area contributed by atoms with Crippen molar-refractivity contribution in [2.45, 2.75) is 41.5 Å². The lowest BCUT2D eigenvalue weighted by molar-refractivity contribution is 0.0695. The molecule has 0 heterocycles. The minimum Gasteiger partial charge on any atom is -0.478 e. The Kier molecular flexibility index (Phi) is 6.07. The van der Waals surface area contributed by atoms with Crippen molar-refractivity contribution in [3.63, 3.8) is 0 Å². The summed E-state index contributed by atoms with van der Waals surface area (Å²) in [5.41, 5.74) is 8.54. The number of carbonyl (C=O) groups is 2. The second-order valence-corrected chi connectivity index (χ2v) is 8.29. The van der Waals surface area contributed by atoms with Gasteiger partial charge in [-0.3, -0.25) is 0 Å². The largest absolute Gasteiger partial charge is 0.478 e. The van der Waals surface area contributed by atoms with Gasteiger partial charge in [0.15, 0.2) is 0 Å². The van der Waals surface area contributed by atoms with E-state index in [9.17, 15) is 19.8 Å². The molecule has 0 aliphatic heterocycles. The minimum atomic E-state index is -1.12. The number of hydrogen-bond acceptors (Lipinski definition) is 2. The van der Waals surface area contributed by atoms with E-state index in [1.54, 1.807) is 13.8 Å². The fourth-order valence-electron chi connectivity index (χ4n) is 4.81. The van der Waals surface area contributed by atoms with E-state index < -0.39 is 11.9 Å². The Morgan fingerprint density at radius 2 is 0.935 bits per heavy atom. The zero-order valence-corrected chi connectivity index (χ0v) is 18.8. The maximum absolute atomic E-state index is 12.0. The zero-order valence-electron chi connectivity index (χ0n) is 18.8. The molecule has 4 nitrogen and oxygen atoms in total. The van der Waals surface area contributed by atoms with Gasteiger partial charge in [-0.25, -0.2) is 9.59 Å². The molecule has 0 atom stereocenters. The van der Waals surface area contributed by atoms with Crippen LogP contribution < -0.4 is 16.4 Å². The normalized spacial score (nSPS) is 10.8. The Bertz CT molecular complexity index is 1080. The molecule has 0 bridgehead atoms. The molecule has 0 unspecified atom stereocenters. The molecule has 0 radical (unpaired) electrons. The summed E-state index contributed by atoms with van der Waals surface area (Å²) in [6.07, 6.45) is 0. The van der Waals surface area contributed by atoms with E-state index >= 15 is 0 Å². The predicted molar refractivity (Wildman–Crippen MR) is 126 cm³/mol. The van der Waals surface area contributed by atoms with Crippen LogP contribution in [0.5, 0.6) is 0 Å². The van der Waals surface area contributed by atoms with Gasteiger partial charge in [-0.1, -0.05) is 75.0 Å². The highest BCUT2D eigenvalue weighted by atomic mass is 16.4. The third kappa shape index (κ3) is 3.88. The Morgan fingerprint density at radius 3 is 1.23 bits per heavy atom. The summed E-state index contributed by atoms with van der Waals surface area (Å²) in [5.74, 6) is -2.24. The molecular weight excluding hydrogens is 387 g/mol. The number of aryl methyl sites for hydroxylation is 4. The van der Waals surface area contributed by atoms with E-state index in [2.05, 4.69) is 0 Å². The first-order valence-electron chi connectivity index (χ1n) is 10.3. The third-order valence-electron chi connectivity index (χ3n) is 6.32. The number of carboxylic acid groups (broad SMARTS) is 2. The van der Waals surface area contributed by atoms with Gasteiger partial charge in [0.25, 0.3) is 0 Å². The van der Waals surface area contributed by atoms with Crippen LogP contribution in [0.4, 0.5) is 0 Å². The first-order chi connectivity index (χ1) is 14.6. The molecule has 158 valence electrons. The van der Waals surface area contributed by atoms with Crippen molar-refractivity contribution < 1.29 is 19.8 Å².